The molecule has 0 aliphatic heterocycles. The molecule has 0 fully saturated rings. The molecule has 0 rings (SSSR count). The second kappa shape index (κ2) is 8.68. The lowest BCUT2D eigenvalue weighted by atomic mass is 10.0. The summed E-state index contributed by atoms with van der Waals surface area (Å²) in [6.45, 7) is 7.40. The summed E-state index contributed by atoms with van der Waals surface area (Å²) >= 11 is 3.12. The van der Waals surface area contributed by atoms with E-state index >= 15 is 0 Å². The van der Waals surface area contributed by atoms with Crippen molar-refractivity contribution in [1.82, 2.24) is 0 Å². The fraction of sp³-hybridized carbons (Fsp3) is 0.538. The van der Waals surface area contributed by atoms with Crippen molar-refractivity contribution in [2.45, 2.75) is 46.0 Å². The van der Waals surface area contributed by atoms with E-state index in [1.54, 1.807) is 6.92 Å². The van der Waals surface area contributed by atoms with Gasteiger partial charge in [0.1, 0.15) is 0 Å². The lowest BCUT2D eigenvalue weighted by Crippen LogP contribution is -1.97. The van der Waals surface area contributed by atoms with Crippen LogP contribution in [0.2, 0.25) is 0 Å². The number of hydrogen-bond donors (Lipinski definition) is 0. The van der Waals surface area contributed by atoms with Crippen molar-refractivity contribution in [3.05, 3.63) is 34.4 Å². The first-order valence-corrected chi connectivity index (χ1v) is 6.24. The summed E-state index contributed by atoms with van der Waals surface area (Å²) in [7, 11) is 0. The van der Waals surface area contributed by atoms with Crippen molar-refractivity contribution in [1.29, 1.82) is 0 Å². The summed E-state index contributed by atoms with van der Waals surface area (Å²) in [5.41, 5.74) is 1.35. The molecule has 0 N–H and O–H groups in total. The average molecular weight is 293 g/mol. The van der Waals surface area contributed by atoms with E-state index in [2.05, 4.69) is 29.4 Å². The van der Waals surface area contributed by atoms with Gasteiger partial charge < -0.3 is 0 Å². The monoisotopic (exact) mass is 292 g/mol. The maximum Gasteiger partial charge on any atom is 0.261 e. The van der Waals surface area contributed by atoms with Crippen LogP contribution in [0.3, 0.4) is 0 Å². The van der Waals surface area contributed by atoms with Gasteiger partial charge in [-0.05, 0) is 30.7 Å². The van der Waals surface area contributed by atoms with E-state index in [1.165, 1.54) is 5.57 Å². The minimum atomic E-state index is -2.39. The highest BCUT2D eigenvalue weighted by atomic mass is 79.9. The van der Waals surface area contributed by atoms with Gasteiger partial charge in [-0.3, -0.25) is 0 Å². The van der Waals surface area contributed by atoms with Crippen LogP contribution >= 0.6 is 15.9 Å². The number of hydrogen-bond acceptors (Lipinski definition) is 0. The summed E-state index contributed by atoms with van der Waals surface area (Å²) in [5.74, 6) is 0. The second-order valence-corrected chi connectivity index (χ2v) is 4.86. The van der Waals surface area contributed by atoms with Crippen molar-refractivity contribution in [3.8, 4) is 0 Å². The van der Waals surface area contributed by atoms with Crippen LogP contribution in [0, 0.1) is 0 Å². The molecular weight excluding hydrogens is 274 g/mol. The molecule has 0 nitrogen and oxygen atoms in total. The number of alkyl halides is 2. The Bertz CT molecular complexity index is 274. The molecule has 0 saturated carbocycles. The molecule has 0 bridgehead atoms. The third-order valence-corrected chi connectivity index (χ3v) is 2.80. The molecule has 0 amide bonds. The summed E-state index contributed by atoms with van der Waals surface area (Å²) in [5, 5.41) is 0. The average Bonchev–Trinajstić information content (AvgIpc) is 2.17. The van der Waals surface area contributed by atoms with Crippen LogP contribution in [0.1, 0.15) is 39.5 Å². The maximum absolute atomic E-state index is 12.6. The Labute approximate surface area is 105 Å². The molecular formula is C13H19BrF2. The lowest BCUT2D eigenvalue weighted by Gasteiger charge is -2.07. The van der Waals surface area contributed by atoms with Crippen LogP contribution in [0.25, 0.3) is 0 Å². The first kappa shape index (κ1) is 15.6. The van der Waals surface area contributed by atoms with Gasteiger partial charge >= 0.3 is 0 Å². The Morgan fingerprint density at radius 3 is 2.38 bits per heavy atom. The molecule has 0 spiro atoms. The third-order valence-electron chi connectivity index (χ3n) is 2.29. The van der Waals surface area contributed by atoms with Crippen LogP contribution in [-0.2, 0) is 0 Å². The van der Waals surface area contributed by atoms with Crippen molar-refractivity contribution in [2.24, 2.45) is 0 Å². The first-order chi connectivity index (χ1) is 7.52. The molecule has 3 heteroatoms. The van der Waals surface area contributed by atoms with Crippen LogP contribution in [0.4, 0.5) is 8.78 Å². The van der Waals surface area contributed by atoms with E-state index in [9.17, 15) is 8.78 Å². The Kier molecular flexibility index (Phi) is 8.44. The summed E-state index contributed by atoms with van der Waals surface area (Å²) in [6, 6.07) is 0. The second-order valence-electron chi connectivity index (χ2n) is 3.67. The molecule has 92 valence electrons. The quantitative estimate of drug-likeness (QED) is 0.535. The Balaban J connectivity index is 4.61. The SMILES string of the molecule is C=CC/C(=C\C/C(=C(\C)Br)C(F)F)CCC. The molecule has 0 aromatic carbocycles. The number of allylic oxidation sites excluding steroid dienone is 5. The van der Waals surface area contributed by atoms with Gasteiger partial charge in [-0.2, -0.15) is 0 Å². The van der Waals surface area contributed by atoms with E-state index in [0.29, 0.717) is 10.9 Å². The Hall–Kier alpha value is -0.440. The zero-order valence-corrected chi connectivity index (χ0v) is 11.5. The zero-order valence-electron chi connectivity index (χ0n) is 9.90. The van der Waals surface area contributed by atoms with Crippen LogP contribution in [0.5, 0.6) is 0 Å². The van der Waals surface area contributed by atoms with Gasteiger partial charge in [0, 0.05) is 5.57 Å². The normalized spacial score (nSPS) is 14.0. The molecule has 0 radical (unpaired) electrons. The largest absolute Gasteiger partial charge is 0.261 e. The number of halogens is 3. The molecule has 0 aliphatic carbocycles. The van der Waals surface area contributed by atoms with Gasteiger partial charge in [0.15, 0.2) is 0 Å². The van der Waals surface area contributed by atoms with Crippen molar-refractivity contribution >= 4 is 15.9 Å². The lowest BCUT2D eigenvalue weighted by molar-refractivity contribution is 0.186. The standard InChI is InChI=1S/C13H19BrF2/c1-4-6-11(7-5-2)8-9-12(10(3)14)13(15)16/h4,8,13H,1,5-7,9H2,2-3H3/b11-8+,12-10-. The fourth-order valence-corrected chi connectivity index (χ4v) is 1.76. The van der Waals surface area contributed by atoms with Gasteiger partial charge in [-0.25, -0.2) is 8.78 Å². The van der Waals surface area contributed by atoms with Gasteiger partial charge in [0.05, 0.1) is 0 Å². The number of rotatable bonds is 7. The maximum atomic E-state index is 12.6. The van der Waals surface area contributed by atoms with Gasteiger partial charge in [0.25, 0.3) is 6.43 Å². The summed E-state index contributed by atoms with van der Waals surface area (Å²) in [6.07, 6.45) is 4.40. The molecule has 0 aliphatic rings. The van der Waals surface area contributed by atoms with E-state index in [1.807, 2.05) is 12.2 Å². The summed E-state index contributed by atoms with van der Waals surface area (Å²) in [4.78, 5) is 0. The highest BCUT2D eigenvalue weighted by Gasteiger charge is 2.12. The molecule has 0 aromatic heterocycles. The highest BCUT2D eigenvalue weighted by molar-refractivity contribution is 9.11. The minimum Gasteiger partial charge on any atom is -0.205 e. The van der Waals surface area contributed by atoms with E-state index < -0.39 is 6.43 Å². The van der Waals surface area contributed by atoms with Gasteiger partial charge in [0.2, 0.25) is 0 Å². The van der Waals surface area contributed by atoms with Crippen molar-refractivity contribution in [3.63, 3.8) is 0 Å². The van der Waals surface area contributed by atoms with E-state index in [4.69, 9.17) is 0 Å². The molecule has 0 unspecified atom stereocenters. The molecule has 0 aromatic rings. The molecule has 16 heavy (non-hydrogen) atoms. The van der Waals surface area contributed by atoms with E-state index in [0.717, 1.165) is 19.3 Å². The molecule has 0 heterocycles. The van der Waals surface area contributed by atoms with Crippen molar-refractivity contribution in [2.75, 3.05) is 0 Å². The zero-order chi connectivity index (χ0) is 12.6. The topological polar surface area (TPSA) is 0 Å². The van der Waals surface area contributed by atoms with Crippen LogP contribution < -0.4 is 0 Å². The predicted octanol–water partition coefficient (Wildman–Crippen LogP) is 5.61. The van der Waals surface area contributed by atoms with E-state index in [-0.39, 0.29) is 5.57 Å². The van der Waals surface area contributed by atoms with Crippen LogP contribution in [-0.4, -0.2) is 6.43 Å². The summed E-state index contributed by atoms with van der Waals surface area (Å²) < 4.78 is 25.8. The molecule has 0 atom stereocenters. The third kappa shape index (κ3) is 6.21. The fourth-order valence-electron chi connectivity index (χ4n) is 1.43. The van der Waals surface area contributed by atoms with Gasteiger partial charge in [-0.1, -0.05) is 47.0 Å². The Morgan fingerprint density at radius 1 is 1.38 bits per heavy atom. The molecule has 0 saturated heterocycles. The smallest absolute Gasteiger partial charge is 0.205 e. The van der Waals surface area contributed by atoms with Gasteiger partial charge in [-0.15, -0.1) is 6.58 Å². The Morgan fingerprint density at radius 2 is 2.00 bits per heavy atom. The van der Waals surface area contributed by atoms with Crippen molar-refractivity contribution < 1.29 is 8.78 Å². The van der Waals surface area contributed by atoms with Crippen LogP contribution in [0.15, 0.2) is 34.4 Å². The first-order valence-electron chi connectivity index (χ1n) is 5.45. The highest BCUT2D eigenvalue weighted by Crippen LogP contribution is 2.23. The minimum absolute atomic E-state index is 0.165. The predicted molar refractivity (Wildman–Crippen MR) is 70.1 cm³/mol.